The van der Waals surface area contributed by atoms with Crippen molar-refractivity contribution >= 4 is 11.9 Å². The van der Waals surface area contributed by atoms with E-state index in [0.29, 0.717) is 6.42 Å². The van der Waals surface area contributed by atoms with Crippen LogP contribution in [-0.2, 0) is 28.5 Å². The van der Waals surface area contributed by atoms with Crippen molar-refractivity contribution in [1.82, 2.24) is 0 Å². The van der Waals surface area contributed by atoms with E-state index in [1.54, 1.807) is 0 Å². The zero-order chi connectivity index (χ0) is 31.7. The second-order valence-electron chi connectivity index (χ2n) is 12.0. The smallest absolute Gasteiger partial charge is 0.306 e. The number of unbranched alkanes of at least 4 members (excludes halogenated alkanes) is 16. The number of hydrogen-bond acceptors (Lipinski definition) is 10. The molecule has 0 aromatic heterocycles. The summed E-state index contributed by atoms with van der Waals surface area (Å²) in [5.41, 5.74) is 0. The number of aliphatic hydroxyl groups excluding tert-OH is 4. The lowest BCUT2D eigenvalue weighted by Gasteiger charge is -2.39. The lowest BCUT2D eigenvalue weighted by molar-refractivity contribution is -0.305. The summed E-state index contributed by atoms with van der Waals surface area (Å²) in [7, 11) is 0. The van der Waals surface area contributed by atoms with E-state index in [2.05, 4.69) is 13.8 Å². The number of carbonyl (C=O) groups is 2. The highest BCUT2D eigenvalue weighted by Crippen LogP contribution is 2.22. The van der Waals surface area contributed by atoms with Gasteiger partial charge in [0, 0.05) is 12.8 Å². The van der Waals surface area contributed by atoms with Crippen molar-refractivity contribution in [2.75, 3.05) is 19.8 Å². The minimum absolute atomic E-state index is 0.214. The van der Waals surface area contributed by atoms with Crippen LogP contribution < -0.4 is 0 Å². The lowest BCUT2D eigenvalue weighted by atomic mass is 9.99. The average molecular weight is 619 g/mol. The van der Waals surface area contributed by atoms with E-state index in [-0.39, 0.29) is 26.1 Å². The van der Waals surface area contributed by atoms with Gasteiger partial charge in [0.25, 0.3) is 0 Å². The van der Waals surface area contributed by atoms with Crippen LogP contribution in [0.4, 0.5) is 0 Å². The number of carbonyl (C=O) groups excluding carboxylic acids is 2. The molecule has 0 radical (unpaired) electrons. The van der Waals surface area contributed by atoms with Crippen LogP contribution in [0.1, 0.15) is 142 Å². The van der Waals surface area contributed by atoms with Gasteiger partial charge in [0.1, 0.15) is 31.0 Å². The van der Waals surface area contributed by atoms with E-state index in [1.165, 1.54) is 64.2 Å². The quantitative estimate of drug-likeness (QED) is 0.0723. The van der Waals surface area contributed by atoms with E-state index in [0.717, 1.165) is 44.9 Å². The number of rotatable bonds is 27. The molecule has 6 unspecified atom stereocenters. The van der Waals surface area contributed by atoms with Gasteiger partial charge in [-0.05, 0) is 12.8 Å². The third-order valence-corrected chi connectivity index (χ3v) is 7.99. The molecule has 10 nitrogen and oxygen atoms in total. The maximum absolute atomic E-state index is 12.6. The van der Waals surface area contributed by atoms with Crippen LogP contribution in [0, 0.1) is 0 Å². The monoisotopic (exact) mass is 618 g/mol. The van der Waals surface area contributed by atoms with E-state index in [4.69, 9.17) is 18.9 Å². The molecule has 10 heteroatoms. The maximum Gasteiger partial charge on any atom is 0.306 e. The Kier molecular flexibility index (Phi) is 24.0. The molecule has 0 saturated carbocycles. The van der Waals surface area contributed by atoms with Gasteiger partial charge in [0.15, 0.2) is 12.4 Å². The Bertz CT molecular complexity index is 689. The standard InChI is InChI=1S/C33H62O10/c1-3-5-7-9-10-11-12-13-14-15-16-17-18-20-22-29(36)42-26(24-40-28(35)21-19-8-6-4-2)25-41-33-32(39)31(38)30(37)27(23-34)43-33/h26-27,30-34,37-39H,3-25H2,1-2H3. The normalized spacial score (nSPS) is 22.8. The van der Waals surface area contributed by atoms with E-state index in [9.17, 15) is 30.0 Å². The average Bonchev–Trinajstić information content (AvgIpc) is 3.00. The maximum atomic E-state index is 12.6. The summed E-state index contributed by atoms with van der Waals surface area (Å²) in [5.74, 6) is -0.822. The molecule has 0 amide bonds. The SMILES string of the molecule is CCCCCCCCCCCCCCCCC(=O)OC(COC(=O)CCCCCC)COC1OC(CO)C(O)C(O)C1O. The molecule has 43 heavy (non-hydrogen) atoms. The van der Waals surface area contributed by atoms with Gasteiger partial charge in [-0.3, -0.25) is 9.59 Å². The first-order valence-electron chi connectivity index (χ1n) is 17.1. The largest absolute Gasteiger partial charge is 0.462 e. The summed E-state index contributed by atoms with van der Waals surface area (Å²) in [6.07, 6.45) is 13.2. The fourth-order valence-electron chi connectivity index (χ4n) is 5.19. The second-order valence-corrected chi connectivity index (χ2v) is 12.0. The van der Waals surface area contributed by atoms with Crippen LogP contribution in [0.3, 0.4) is 0 Å². The Balaban J connectivity index is 2.36. The summed E-state index contributed by atoms with van der Waals surface area (Å²) in [6, 6.07) is 0. The molecule has 6 atom stereocenters. The van der Waals surface area contributed by atoms with Crippen LogP contribution in [0.15, 0.2) is 0 Å². The van der Waals surface area contributed by atoms with Crippen molar-refractivity contribution in [1.29, 1.82) is 0 Å². The highest BCUT2D eigenvalue weighted by molar-refractivity contribution is 5.70. The minimum atomic E-state index is -1.59. The van der Waals surface area contributed by atoms with E-state index in [1.807, 2.05) is 0 Å². The van der Waals surface area contributed by atoms with Crippen LogP contribution in [0.2, 0.25) is 0 Å². The molecule has 0 aromatic carbocycles. The van der Waals surface area contributed by atoms with Gasteiger partial charge >= 0.3 is 11.9 Å². The fourth-order valence-corrected chi connectivity index (χ4v) is 5.19. The third kappa shape index (κ3) is 19.0. The van der Waals surface area contributed by atoms with E-state index >= 15 is 0 Å². The Morgan fingerprint density at radius 2 is 1.09 bits per heavy atom. The van der Waals surface area contributed by atoms with Crippen LogP contribution in [0.25, 0.3) is 0 Å². The molecule has 1 rings (SSSR count). The second kappa shape index (κ2) is 26.0. The minimum Gasteiger partial charge on any atom is -0.462 e. The van der Waals surface area contributed by atoms with Gasteiger partial charge in [0.2, 0.25) is 0 Å². The highest BCUT2D eigenvalue weighted by atomic mass is 16.7. The molecule has 0 aromatic rings. The Morgan fingerprint density at radius 3 is 1.60 bits per heavy atom. The summed E-state index contributed by atoms with van der Waals surface area (Å²) < 4.78 is 21.8. The van der Waals surface area contributed by atoms with Crippen molar-refractivity contribution < 1.29 is 49.0 Å². The van der Waals surface area contributed by atoms with Gasteiger partial charge in [-0.2, -0.15) is 0 Å². The molecule has 1 aliphatic rings. The summed E-state index contributed by atoms with van der Waals surface area (Å²) in [6.45, 7) is 3.27. The molecule has 0 bridgehead atoms. The third-order valence-electron chi connectivity index (χ3n) is 7.99. The summed E-state index contributed by atoms with van der Waals surface area (Å²) >= 11 is 0. The molecule has 1 aliphatic heterocycles. The Morgan fingerprint density at radius 1 is 0.628 bits per heavy atom. The topological polar surface area (TPSA) is 152 Å². The van der Waals surface area contributed by atoms with Crippen molar-refractivity contribution in [3.05, 3.63) is 0 Å². The first-order chi connectivity index (χ1) is 20.8. The van der Waals surface area contributed by atoms with Gasteiger partial charge in [0.05, 0.1) is 13.2 Å². The zero-order valence-electron chi connectivity index (χ0n) is 27.0. The zero-order valence-corrected chi connectivity index (χ0v) is 27.0. The molecular formula is C33H62O10. The molecule has 254 valence electrons. The molecule has 1 heterocycles. The van der Waals surface area contributed by atoms with E-state index < -0.39 is 55.4 Å². The molecule has 0 spiro atoms. The molecule has 1 saturated heterocycles. The number of aliphatic hydroxyl groups is 4. The van der Waals surface area contributed by atoms with Gasteiger partial charge in [-0.15, -0.1) is 0 Å². The first kappa shape index (κ1) is 39.7. The first-order valence-corrected chi connectivity index (χ1v) is 17.1. The molecular weight excluding hydrogens is 556 g/mol. The van der Waals surface area contributed by atoms with Crippen LogP contribution in [-0.4, -0.2) is 89.0 Å². The summed E-state index contributed by atoms with van der Waals surface area (Å²) in [4.78, 5) is 24.7. The lowest BCUT2D eigenvalue weighted by Crippen LogP contribution is -2.59. The van der Waals surface area contributed by atoms with Crippen LogP contribution in [0.5, 0.6) is 0 Å². The van der Waals surface area contributed by atoms with Gasteiger partial charge < -0.3 is 39.4 Å². The van der Waals surface area contributed by atoms with Crippen molar-refractivity contribution in [2.24, 2.45) is 0 Å². The van der Waals surface area contributed by atoms with Crippen LogP contribution >= 0.6 is 0 Å². The molecule has 4 N–H and O–H groups in total. The predicted octanol–water partition coefficient (Wildman–Crippen LogP) is 5.10. The number of ether oxygens (including phenoxy) is 4. The van der Waals surface area contributed by atoms with Gasteiger partial charge in [-0.1, -0.05) is 117 Å². The number of hydrogen-bond donors (Lipinski definition) is 4. The fraction of sp³-hybridized carbons (Fsp3) is 0.939. The predicted molar refractivity (Wildman–Crippen MR) is 164 cm³/mol. The number of esters is 2. The summed E-state index contributed by atoms with van der Waals surface area (Å²) in [5, 5.41) is 39.6. The molecule has 0 aliphatic carbocycles. The van der Waals surface area contributed by atoms with Gasteiger partial charge in [-0.25, -0.2) is 0 Å². The Hall–Kier alpha value is -1.30. The van der Waals surface area contributed by atoms with Crippen molar-refractivity contribution in [2.45, 2.75) is 179 Å². The molecule has 1 fully saturated rings. The Labute approximate surface area is 259 Å². The van der Waals surface area contributed by atoms with Crippen molar-refractivity contribution in [3.8, 4) is 0 Å². The van der Waals surface area contributed by atoms with Crippen molar-refractivity contribution in [3.63, 3.8) is 0 Å². The highest BCUT2D eigenvalue weighted by Gasteiger charge is 2.44.